The van der Waals surface area contributed by atoms with E-state index in [9.17, 15) is 14.4 Å². The number of anilines is 1. The number of aromatic nitrogens is 1. The number of nitrogens with zero attached hydrogens (tertiary/aromatic N) is 3. The Balaban J connectivity index is 0.000000222. The van der Waals surface area contributed by atoms with Crippen LogP contribution >= 0.6 is 0 Å². The topological polar surface area (TPSA) is 96.6 Å². The Kier molecular flexibility index (Phi) is 7.86. The minimum atomic E-state index is -0.0858. The number of hydrogen-bond acceptors (Lipinski definition) is 5. The number of rotatable bonds is 4. The lowest BCUT2D eigenvalue weighted by Gasteiger charge is -2.37. The summed E-state index contributed by atoms with van der Waals surface area (Å²) < 4.78 is 0. The third kappa shape index (κ3) is 5.76. The number of piperazine rings is 1. The largest absolute Gasteiger partial charge is 0.383 e. The molecule has 1 aromatic heterocycles. The highest BCUT2D eigenvalue weighted by atomic mass is 16.2. The van der Waals surface area contributed by atoms with Gasteiger partial charge in [0.1, 0.15) is 5.82 Å². The lowest BCUT2D eigenvalue weighted by molar-refractivity contribution is -0.121. The number of nitrogen functional groups attached to an aromatic ring is 1. The van der Waals surface area contributed by atoms with Crippen LogP contribution in [0.25, 0.3) is 5.57 Å². The molecule has 2 aromatic rings. The van der Waals surface area contributed by atoms with E-state index >= 15 is 0 Å². The molecule has 2 N–H and O–H groups in total. The number of benzene rings is 1. The van der Waals surface area contributed by atoms with Crippen molar-refractivity contribution < 1.29 is 14.4 Å². The molecule has 1 aromatic carbocycles. The van der Waals surface area contributed by atoms with Gasteiger partial charge in [-0.2, -0.15) is 0 Å². The Morgan fingerprint density at radius 2 is 1.83 bits per heavy atom. The molecule has 0 aliphatic carbocycles. The number of carbonyl (C=O) groups excluding carboxylic acids is 3. The van der Waals surface area contributed by atoms with Gasteiger partial charge in [-0.1, -0.05) is 24.8 Å². The molecular formula is C23H28N4O3. The number of aryl methyl sites for hydroxylation is 1. The average molecular weight is 409 g/mol. The molecule has 0 saturated carbocycles. The van der Waals surface area contributed by atoms with Gasteiger partial charge in [-0.05, 0) is 45.0 Å². The molecule has 0 spiro atoms. The molecule has 7 heteroatoms. The van der Waals surface area contributed by atoms with Crippen molar-refractivity contribution in [3.63, 3.8) is 0 Å². The summed E-state index contributed by atoms with van der Waals surface area (Å²) >= 11 is 0. The van der Waals surface area contributed by atoms with Crippen LogP contribution in [0.5, 0.6) is 0 Å². The molecule has 2 heterocycles. The van der Waals surface area contributed by atoms with E-state index in [0.29, 0.717) is 42.2 Å². The molecule has 1 fully saturated rings. The van der Waals surface area contributed by atoms with E-state index in [2.05, 4.69) is 11.6 Å². The number of allylic oxidation sites excluding steroid dienone is 1. The highest BCUT2D eigenvalue weighted by molar-refractivity contribution is 6.19. The fourth-order valence-corrected chi connectivity index (χ4v) is 3.10. The number of hydrogen-bond donors (Lipinski definition) is 1. The Morgan fingerprint density at radius 3 is 2.37 bits per heavy atom. The van der Waals surface area contributed by atoms with Crippen LogP contribution in [0, 0.1) is 6.92 Å². The molecule has 1 aliphatic rings. The molecule has 1 atom stereocenters. The van der Waals surface area contributed by atoms with Crippen LogP contribution in [0.1, 0.15) is 35.5 Å². The zero-order valence-electron chi connectivity index (χ0n) is 17.7. The van der Waals surface area contributed by atoms with Crippen LogP contribution < -0.4 is 5.73 Å². The molecule has 0 unspecified atom stereocenters. The normalized spacial score (nSPS) is 15.6. The van der Waals surface area contributed by atoms with Crippen LogP contribution in [0.3, 0.4) is 0 Å². The predicted octanol–water partition coefficient (Wildman–Crippen LogP) is 2.56. The van der Waals surface area contributed by atoms with E-state index in [1.54, 1.807) is 21.9 Å². The molecule has 158 valence electrons. The molecule has 30 heavy (non-hydrogen) atoms. The maximum absolute atomic E-state index is 12.2. The smallest absolute Gasteiger partial charge is 0.253 e. The van der Waals surface area contributed by atoms with Gasteiger partial charge < -0.3 is 15.5 Å². The van der Waals surface area contributed by atoms with E-state index in [-0.39, 0.29) is 17.7 Å². The van der Waals surface area contributed by atoms with E-state index < -0.39 is 0 Å². The van der Waals surface area contributed by atoms with Gasteiger partial charge in [0.15, 0.2) is 5.78 Å². The number of nitrogens with two attached hydrogens (primary N) is 1. The second-order valence-electron chi connectivity index (χ2n) is 7.23. The van der Waals surface area contributed by atoms with Crippen molar-refractivity contribution in [2.75, 3.05) is 25.4 Å². The second kappa shape index (κ2) is 10.3. The van der Waals surface area contributed by atoms with Gasteiger partial charge in [0.05, 0.1) is 0 Å². The zero-order chi connectivity index (χ0) is 22.3. The first-order valence-electron chi connectivity index (χ1n) is 9.73. The molecule has 0 bridgehead atoms. The molecule has 0 radical (unpaired) electrons. The summed E-state index contributed by atoms with van der Waals surface area (Å²) in [5.41, 5.74) is 8.21. The maximum atomic E-state index is 12.2. The highest BCUT2D eigenvalue weighted by Gasteiger charge is 2.26. The molecule has 1 saturated heterocycles. The Morgan fingerprint density at radius 1 is 1.17 bits per heavy atom. The summed E-state index contributed by atoms with van der Waals surface area (Å²) in [6.45, 7) is 10.7. The van der Waals surface area contributed by atoms with Gasteiger partial charge in [-0.3, -0.25) is 14.4 Å². The molecule has 2 amide bonds. The highest BCUT2D eigenvalue weighted by Crippen LogP contribution is 2.19. The minimum absolute atomic E-state index is 0.0444. The summed E-state index contributed by atoms with van der Waals surface area (Å²) in [6.07, 6.45) is 0.856. The van der Waals surface area contributed by atoms with Crippen LogP contribution in [-0.4, -0.2) is 58.6 Å². The van der Waals surface area contributed by atoms with Gasteiger partial charge in [0, 0.05) is 48.1 Å². The Labute approximate surface area is 177 Å². The van der Waals surface area contributed by atoms with Gasteiger partial charge in [0.25, 0.3) is 5.91 Å². The van der Waals surface area contributed by atoms with Crippen LogP contribution in [0.2, 0.25) is 0 Å². The van der Waals surface area contributed by atoms with Gasteiger partial charge in [0.2, 0.25) is 6.41 Å². The van der Waals surface area contributed by atoms with Gasteiger partial charge in [-0.15, -0.1) is 0 Å². The number of ketones is 1. The predicted molar refractivity (Wildman–Crippen MR) is 118 cm³/mol. The quantitative estimate of drug-likeness (QED) is 0.619. The van der Waals surface area contributed by atoms with E-state index in [0.717, 1.165) is 12.1 Å². The van der Waals surface area contributed by atoms with Crippen LogP contribution in [0.4, 0.5) is 5.82 Å². The fraction of sp³-hybridized carbons (Fsp3) is 0.304. The van der Waals surface area contributed by atoms with Crippen molar-refractivity contribution >= 4 is 29.5 Å². The summed E-state index contributed by atoms with van der Waals surface area (Å²) in [7, 11) is 0. The minimum Gasteiger partial charge on any atom is -0.383 e. The van der Waals surface area contributed by atoms with E-state index in [1.165, 1.54) is 6.92 Å². The van der Waals surface area contributed by atoms with Crippen molar-refractivity contribution in [2.24, 2.45) is 0 Å². The first kappa shape index (κ1) is 22.8. The van der Waals surface area contributed by atoms with E-state index in [4.69, 9.17) is 5.73 Å². The first-order valence-corrected chi connectivity index (χ1v) is 9.73. The lowest BCUT2D eigenvalue weighted by atomic mass is 10.1. The molecule has 7 nitrogen and oxygen atoms in total. The maximum Gasteiger partial charge on any atom is 0.253 e. The number of carbonyl (C=O) groups is 3. The Bertz CT molecular complexity index is 927. The average Bonchev–Trinajstić information content (AvgIpc) is 2.73. The number of Topliss-reactive ketones (excluding diaryl/α,β-unsaturated/α-hetero) is 1. The standard InChI is InChI=1S/C13H16N2O2.C10H12N2O/c1-11-9-14(7-8-15(11)10-16)13(17)12-5-3-2-4-6-12;1-6-4-5-9(10(11)12-6)7(2)8(3)13/h2-6,10-11H,7-9H2,1H3;4-5H,2H2,1,3H3,(H2,11,12)/t11-;/m1./s1. The summed E-state index contributed by atoms with van der Waals surface area (Å²) in [4.78, 5) is 41.5. The number of amides is 2. The third-order valence-electron chi connectivity index (χ3n) is 4.94. The van der Waals surface area contributed by atoms with Crippen molar-refractivity contribution in [1.82, 2.24) is 14.8 Å². The van der Waals surface area contributed by atoms with Crippen molar-refractivity contribution in [3.8, 4) is 0 Å². The summed E-state index contributed by atoms with van der Waals surface area (Å²) in [5, 5.41) is 0. The monoisotopic (exact) mass is 408 g/mol. The van der Waals surface area contributed by atoms with Crippen molar-refractivity contribution in [1.29, 1.82) is 0 Å². The van der Waals surface area contributed by atoms with Gasteiger partial charge in [-0.25, -0.2) is 4.98 Å². The Hall–Kier alpha value is -3.48. The van der Waals surface area contributed by atoms with E-state index in [1.807, 2.05) is 44.2 Å². The van der Waals surface area contributed by atoms with Crippen LogP contribution in [0.15, 0.2) is 49.0 Å². The molecular weight excluding hydrogens is 380 g/mol. The second-order valence-corrected chi connectivity index (χ2v) is 7.23. The summed E-state index contributed by atoms with van der Waals surface area (Å²) in [5.74, 6) is 0.320. The van der Waals surface area contributed by atoms with Crippen LogP contribution in [-0.2, 0) is 9.59 Å². The zero-order valence-corrected chi connectivity index (χ0v) is 17.7. The first-order chi connectivity index (χ1) is 14.2. The third-order valence-corrected chi connectivity index (χ3v) is 4.94. The SMILES string of the molecule is C=C(C(C)=O)c1ccc(C)nc1N.C[C@@H]1CN(C(=O)c2ccccc2)CCN1C=O. The number of pyridine rings is 1. The fourth-order valence-electron chi connectivity index (χ4n) is 3.10. The van der Waals surface area contributed by atoms with Crippen molar-refractivity contribution in [2.45, 2.75) is 26.8 Å². The molecule has 3 rings (SSSR count). The molecule has 1 aliphatic heterocycles. The lowest BCUT2D eigenvalue weighted by Crippen LogP contribution is -2.52. The van der Waals surface area contributed by atoms with Crippen molar-refractivity contribution in [3.05, 3.63) is 65.9 Å². The van der Waals surface area contributed by atoms with Gasteiger partial charge >= 0.3 is 0 Å². The summed E-state index contributed by atoms with van der Waals surface area (Å²) in [6, 6.07) is 12.9.